The molecule has 0 radical (unpaired) electrons. The molecule has 0 saturated carbocycles. The Hall–Kier alpha value is -2.10. The normalized spacial score (nSPS) is 10.6. The number of hydrogen-bond donors (Lipinski definition) is 0. The molecule has 0 aliphatic rings. The second-order valence-corrected chi connectivity index (χ2v) is 4.96. The summed E-state index contributed by atoms with van der Waals surface area (Å²) < 4.78 is 10.00. The van der Waals surface area contributed by atoms with E-state index in [1.807, 2.05) is 30.3 Å². The number of carbonyl (C=O) groups is 2. The molecule has 0 fully saturated rings. The molecule has 120 valence electrons. The third kappa shape index (κ3) is 8.95. The summed E-state index contributed by atoms with van der Waals surface area (Å²) in [7, 11) is 0. The van der Waals surface area contributed by atoms with Crippen molar-refractivity contribution in [2.45, 2.75) is 39.0 Å². The first-order chi connectivity index (χ1) is 10.7. The van der Waals surface area contributed by atoms with Gasteiger partial charge in [-0.05, 0) is 12.0 Å². The van der Waals surface area contributed by atoms with E-state index in [4.69, 9.17) is 9.47 Å². The number of rotatable bonds is 10. The Balaban J connectivity index is 2.11. The van der Waals surface area contributed by atoms with E-state index in [1.54, 1.807) is 0 Å². The summed E-state index contributed by atoms with van der Waals surface area (Å²) in [5.41, 5.74) is 1.10. The number of unbranched alkanes of at least 4 members (excludes halogenated alkanes) is 3. The number of benzene rings is 1. The first-order valence-corrected chi connectivity index (χ1v) is 7.78. The average molecular weight is 304 g/mol. The van der Waals surface area contributed by atoms with E-state index >= 15 is 0 Å². The van der Waals surface area contributed by atoms with Crippen LogP contribution >= 0.6 is 0 Å². The summed E-state index contributed by atoms with van der Waals surface area (Å²) in [5, 5.41) is 0. The smallest absolute Gasteiger partial charge is 0.331 e. The number of carbonyl (C=O) groups excluding carboxylic acids is 2. The van der Waals surface area contributed by atoms with E-state index in [9.17, 15) is 9.59 Å². The van der Waals surface area contributed by atoms with Crippen LogP contribution in [0.2, 0.25) is 0 Å². The molecule has 0 bridgehead atoms. The highest BCUT2D eigenvalue weighted by Gasteiger charge is 2.01. The fourth-order valence-corrected chi connectivity index (χ4v) is 1.85. The molecule has 1 aromatic rings. The highest BCUT2D eigenvalue weighted by Crippen LogP contribution is 2.00. The molecule has 22 heavy (non-hydrogen) atoms. The van der Waals surface area contributed by atoms with Crippen LogP contribution in [0, 0.1) is 0 Å². The van der Waals surface area contributed by atoms with E-state index in [1.165, 1.54) is 0 Å². The minimum atomic E-state index is -0.529. The van der Waals surface area contributed by atoms with Crippen LogP contribution in [-0.2, 0) is 25.5 Å². The molecule has 0 N–H and O–H groups in total. The van der Waals surface area contributed by atoms with Gasteiger partial charge in [0.1, 0.15) is 0 Å². The van der Waals surface area contributed by atoms with Gasteiger partial charge in [0.05, 0.1) is 13.2 Å². The summed E-state index contributed by atoms with van der Waals surface area (Å²) in [4.78, 5) is 22.8. The standard InChI is InChI=1S/C18H24O4/c1-2-3-4-8-14-21-17(19)11-12-18(20)22-15-13-16-9-6-5-7-10-16/h5-7,9-12H,2-4,8,13-15H2,1H3/b12-11+. The second-order valence-electron chi connectivity index (χ2n) is 4.96. The first-order valence-electron chi connectivity index (χ1n) is 7.78. The van der Waals surface area contributed by atoms with Gasteiger partial charge in [0.15, 0.2) is 0 Å². The number of hydrogen-bond acceptors (Lipinski definition) is 4. The quantitative estimate of drug-likeness (QED) is 0.377. The summed E-state index contributed by atoms with van der Waals surface area (Å²) >= 11 is 0. The van der Waals surface area contributed by atoms with Gasteiger partial charge in [0, 0.05) is 18.6 Å². The fraction of sp³-hybridized carbons (Fsp3) is 0.444. The van der Waals surface area contributed by atoms with Gasteiger partial charge in [-0.1, -0.05) is 56.5 Å². The molecule has 0 aromatic heterocycles. The van der Waals surface area contributed by atoms with Gasteiger partial charge in [-0.3, -0.25) is 0 Å². The van der Waals surface area contributed by atoms with Crippen molar-refractivity contribution in [1.82, 2.24) is 0 Å². The maximum absolute atomic E-state index is 11.4. The van der Waals surface area contributed by atoms with E-state index in [0.29, 0.717) is 19.6 Å². The van der Waals surface area contributed by atoms with E-state index in [0.717, 1.165) is 43.4 Å². The zero-order chi connectivity index (χ0) is 16.0. The van der Waals surface area contributed by atoms with Gasteiger partial charge in [-0.2, -0.15) is 0 Å². The molecule has 0 atom stereocenters. The van der Waals surface area contributed by atoms with Crippen LogP contribution in [0.25, 0.3) is 0 Å². The van der Waals surface area contributed by atoms with Gasteiger partial charge < -0.3 is 9.47 Å². The van der Waals surface area contributed by atoms with E-state index < -0.39 is 11.9 Å². The van der Waals surface area contributed by atoms with Crippen molar-refractivity contribution in [3.63, 3.8) is 0 Å². The highest BCUT2D eigenvalue weighted by atomic mass is 16.5. The Kier molecular flexibility index (Phi) is 9.42. The lowest BCUT2D eigenvalue weighted by Crippen LogP contribution is -2.07. The molecule has 0 spiro atoms. The van der Waals surface area contributed by atoms with Gasteiger partial charge in [0.2, 0.25) is 0 Å². The Morgan fingerprint density at radius 3 is 2.18 bits per heavy atom. The van der Waals surface area contributed by atoms with Crippen LogP contribution < -0.4 is 0 Å². The largest absolute Gasteiger partial charge is 0.463 e. The maximum Gasteiger partial charge on any atom is 0.331 e. The highest BCUT2D eigenvalue weighted by molar-refractivity contribution is 5.91. The van der Waals surface area contributed by atoms with Crippen molar-refractivity contribution in [3.8, 4) is 0 Å². The van der Waals surface area contributed by atoms with Crippen molar-refractivity contribution >= 4 is 11.9 Å². The molecule has 4 heteroatoms. The molecule has 0 aliphatic carbocycles. The molecule has 0 aliphatic heterocycles. The van der Waals surface area contributed by atoms with Crippen molar-refractivity contribution in [3.05, 3.63) is 48.0 Å². The Morgan fingerprint density at radius 1 is 0.909 bits per heavy atom. The third-order valence-corrected chi connectivity index (χ3v) is 3.08. The van der Waals surface area contributed by atoms with Crippen molar-refractivity contribution in [2.24, 2.45) is 0 Å². The van der Waals surface area contributed by atoms with E-state index in [2.05, 4.69) is 6.92 Å². The topological polar surface area (TPSA) is 52.6 Å². The summed E-state index contributed by atoms with van der Waals surface area (Å²) in [5.74, 6) is -1.03. The van der Waals surface area contributed by atoms with Crippen LogP contribution in [0.5, 0.6) is 0 Å². The summed E-state index contributed by atoms with van der Waals surface area (Å²) in [6, 6.07) is 9.76. The predicted octanol–water partition coefficient (Wildman–Crippen LogP) is 3.45. The third-order valence-electron chi connectivity index (χ3n) is 3.08. The predicted molar refractivity (Wildman–Crippen MR) is 85.3 cm³/mol. The minimum Gasteiger partial charge on any atom is -0.463 e. The first kappa shape index (κ1) is 18.0. The molecule has 0 amide bonds. The number of ether oxygens (including phenoxy) is 2. The maximum atomic E-state index is 11.4. The molecular weight excluding hydrogens is 280 g/mol. The van der Waals surface area contributed by atoms with Gasteiger partial charge in [-0.25, -0.2) is 9.59 Å². The molecule has 4 nitrogen and oxygen atoms in total. The second kappa shape index (κ2) is 11.5. The molecule has 0 saturated heterocycles. The van der Waals surface area contributed by atoms with Crippen LogP contribution in [0.3, 0.4) is 0 Å². The molecule has 1 rings (SSSR count). The Morgan fingerprint density at radius 2 is 1.55 bits per heavy atom. The van der Waals surface area contributed by atoms with Crippen LogP contribution in [0.15, 0.2) is 42.5 Å². The summed E-state index contributed by atoms with van der Waals surface area (Å²) in [6.07, 6.45) is 7.07. The van der Waals surface area contributed by atoms with Crippen molar-refractivity contribution in [2.75, 3.05) is 13.2 Å². The summed E-state index contributed by atoms with van der Waals surface area (Å²) in [6.45, 7) is 2.81. The van der Waals surface area contributed by atoms with E-state index in [-0.39, 0.29) is 0 Å². The lowest BCUT2D eigenvalue weighted by Gasteiger charge is -2.02. The van der Waals surface area contributed by atoms with Gasteiger partial charge in [0.25, 0.3) is 0 Å². The molecular formula is C18H24O4. The lowest BCUT2D eigenvalue weighted by molar-refractivity contribution is -0.140. The van der Waals surface area contributed by atoms with Crippen LogP contribution in [-0.4, -0.2) is 25.2 Å². The Bertz CT molecular complexity index is 465. The van der Waals surface area contributed by atoms with Crippen LogP contribution in [0.4, 0.5) is 0 Å². The van der Waals surface area contributed by atoms with Crippen molar-refractivity contribution < 1.29 is 19.1 Å². The molecule has 0 heterocycles. The Labute approximate surface area is 132 Å². The van der Waals surface area contributed by atoms with Gasteiger partial charge in [-0.15, -0.1) is 0 Å². The van der Waals surface area contributed by atoms with Crippen LogP contribution in [0.1, 0.15) is 38.2 Å². The lowest BCUT2D eigenvalue weighted by atomic mass is 10.2. The zero-order valence-corrected chi connectivity index (χ0v) is 13.1. The van der Waals surface area contributed by atoms with Gasteiger partial charge >= 0.3 is 11.9 Å². The fourth-order valence-electron chi connectivity index (χ4n) is 1.85. The number of esters is 2. The van der Waals surface area contributed by atoms with Crippen molar-refractivity contribution in [1.29, 1.82) is 0 Å². The molecule has 0 unspecified atom stereocenters. The molecule has 1 aromatic carbocycles. The minimum absolute atomic E-state index is 0.291. The average Bonchev–Trinajstić information content (AvgIpc) is 2.54. The SMILES string of the molecule is CCCCCCOC(=O)/C=C/C(=O)OCCc1ccccc1. The monoisotopic (exact) mass is 304 g/mol. The zero-order valence-electron chi connectivity index (χ0n) is 13.1.